The van der Waals surface area contributed by atoms with E-state index in [4.69, 9.17) is 17.0 Å². The van der Waals surface area contributed by atoms with Gasteiger partial charge in [0.2, 0.25) is 0 Å². The van der Waals surface area contributed by atoms with Gasteiger partial charge in [0.05, 0.1) is 33.3 Å². The molecule has 0 saturated carbocycles. The normalized spacial score (nSPS) is 15.5. The Balaban J connectivity index is 1.76. The van der Waals surface area contributed by atoms with Gasteiger partial charge in [-0.3, -0.25) is 0 Å². The van der Waals surface area contributed by atoms with Gasteiger partial charge in [0, 0.05) is 12.1 Å². The van der Waals surface area contributed by atoms with Crippen LogP contribution in [-0.2, 0) is 6.54 Å². The minimum Gasteiger partial charge on any atom is -0.497 e. The highest BCUT2D eigenvalue weighted by Crippen LogP contribution is 2.10. The summed E-state index contributed by atoms with van der Waals surface area (Å²) >= 11 is 5.44. The fourth-order valence-corrected chi connectivity index (χ4v) is 2.83. The zero-order chi connectivity index (χ0) is 15.9. The van der Waals surface area contributed by atoms with Crippen LogP contribution in [-0.4, -0.2) is 49.8 Å². The molecule has 0 atom stereocenters. The van der Waals surface area contributed by atoms with Gasteiger partial charge >= 0.3 is 0 Å². The van der Waals surface area contributed by atoms with Gasteiger partial charge in [0.25, 0.3) is 0 Å². The molecule has 0 unspecified atom stereocenters. The molecule has 1 aromatic carbocycles. The molecule has 0 amide bonds. The predicted octanol–water partition coefficient (Wildman–Crippen LogP) is 0.846. The van der Waals surface area contributed by atoms with Crippen molar-refractivity contribution in [2.24, 2.45) is 0 Å². The van der Waals surface area contributed by atoms with E-state index in [1.807, 2.05) is 19.1 Å². The van der Waals surface area contributed by atoms with E-state index >= 15 is 0 Å². The van der Waals surface area contributed by atoms with Crippen molar-refractivity contribution < 1.29 is 9.64 Å². The average molecular weight is 320 g/mol. The zero-order valence-electron chi connectivity index (χ0n) is 13.5. The van der Waals surface area contributed by atoms with Crippen LogP contribution in [0.1, 0.15) is 12.5 Å². The van der Waals surface area contributed by atoms with Crippen molar-refractivity contribution in [3.05, 3.63) is 42.0 Å². The van der Waals surface area contributed by atoms with E-state index in [1.54, 1.807) is 12.0 Å². The Morgan fingerprint density at radius 1 is 1.32 bits per heavy atom. The second-order valence-corrected chi connectivity index (χ2v) is 6.26. The van der Waals surface area contributed by atoms with Crippen LogP contribution in [0.15, 0.2) is 36.4 Å². The largest absolute Gasteiger partial charge is 0.497 e. The number of hydrogen-bond donors (Lipinski definition) is 2. The number of benzene rings is 1. The van der Waals surface area contributed by atoms with Crippen LogP contribution in [0.5, 0.6) is 5.75 Å². The number of hydrogen-bond acceptors (Lipinski definition) is 2. The highest BCUT2D eigenvalue weighted by molar-refractivity contribution is 7.80. The maximum atomic E-state index is 5.44. The predicted molar refractivity (Wildman–Crippen MR) is 94.4 cm³/mol. The fraction of sp³-hybridized carbons (Fsp3) is 0.471. The molecule has 1 aliphatic rings. The molecule has 1 aromatic rings. The second kappa shape index (κ2) is 8.15. The lowest BCUT2D eigenvalue weighted by molar-refractivity contribution is -0.917. The standard InChI is InChI=1S/C17H25N3OS/c1-14(2)12-18-17(22)20-10-8-19(9-11-20)13-15-4-6-16(21-3)7-5-15/h4-7H,1,8-13H2,2-3H3,(H,18,22)/p+1. The summed E-state index contributed by atoms with van der Waals surface area (Å²) in [5.74, 6) is 0.914. The topological polar surface area (TPSA) is 28.9 Å². The minimum absolute atomic E-state index is 0.762. The van der Waals surface area contributed by atoms with E-state index in [2.05, 4.69) is 28.9 Å². The summed E-state index contributed by atoms with van der Waals surface area (Å²) in [6.07, 6.45) is 0. The summed E-state index contributed by atoms with van der Waals surface area (Å²) in [4.78, 5) is 3.86. The zero-order valence-corrected chi connectivity index (χ0v) is 14.3. The molecular weight excluding hydrogens is 294 g/mol. The summed E-state index contributed by atoms with van der Waals surface area (Å²) in [5, 5.41) is 4.12. The first kappa shape index (κ1) is 16.8. The molecule has 0 aliphatic carbocycles. The number of nitrogens with one attached hydrogen (secondary N) is 2. The molecule has 2 rings (SSSR count). The molecule has 4 nitrogen and oxygen atoms in total. The van der Waals surface area contributed by atoms with Crippen molar-refractivity contribution in [3.8, 4) is 5.75 Å². The van der Waals surface area contributed by atoms with E-state index in [-0.39, 0.29) is 0 Å². The van der Waals surface area contributed by atoms with Crippen LogP contribution in [0.25, 0.3) is 0 Å². The summed E-state index contributed by atoms with van der Waals surface area (Å²) in [7, 11) is 1.70. The summed E-state index contributed by atoms with van der Waals surface area (Å²) < 4.78 is 5.20. The first-order valence-corrected chi connectivity index (χ1v) is 8.13. The van der Waals surface area contributed by atoms with Crippen LogP contribution in [0, 0.1) is 0 Å². The van der Waals surface area contributed by atoms with Crippen LogP contribution in [0.4, 0.5) is 0 Å². The molecule has 120 valence electrons. The van der Waals surface area contributed by atoms with Gasteiger partial charge in [-0.1, -0.05) is 12.2 Å². The Bertz CT molecular complexity index is 507. The number of piperazine rings is 1. The molecule has 0 spiro atoms. The van der Waals surface area contributed by atoms with Crippen LogP contribution in [0.3, 0.4) is 0 Å². The van der Waals surface area contributed by atoms with Crippen molar-refractivity contribution >= 4 is 17.3 Å². The van der Waals surface area contributed by atoms with E-state index in [9.17, 15) is 0 Å². The molecule has 1 aliphatic heterocycles. The van der Waals surface area contributed by atoms with Crippen molar-refractivity contribution in [1.82, 2.24) is 10.2 Å². The second-order valence-electron chi connectivity index (χ2n) is 5.88. The number of quaternary nitrogens is 1. The fourth-order valence-electron chi connectivity index (χ4n) is 2.57. The third-order valence-corrected chi connectivity index (χ3v) is 4.31. The van der Waals surface area contributed by atoms with Crippen LogP contribution < -0.4 is 15.0 Å². The Morgan fingerprint density at radius 2 is 1.95 bits per heavy atom. The Morgan fingerprint density at radius 3 is 2.50 bits per heavy atom. The molecule has 5 heteroatoms. The molecule has 0 bridgehead atoms. The average Bonchev–Trinajstić information content (AvgIpc) is 2.54. The lowest BCUT2D eigenvalue weighted by atomic mass is 10.2. The smallest absolute Gasteiger partial charge is 0.169 e. The van der Waals surface area contributed by atoms with Crippen molar-refractivity contribution in [1.29, 1.82) is 0 Å². The lowest BCUT2D eigenvalue weighted by Crippen LogP contribution is -3.13. The third-order valence-electron chi connectivity index (χ3n) is 3.91. The Labute approximate surface area is 138 Å². The van der Waals surface area contributed by atoms with Crippen LogP contribution >= 0.6 is 12.2 Å². The van der Waals surface area contributed by atoms with E-state index < -0.39 is 0 Å². The highest BCUT2D eigenvalue weighted by Gasteiger charge is 2.21. The number of nitrogens with zero attached hydrogens (tertiary/aromatic N) is 1. The summed E-state index contributed by atoms with van der Waals surface area (Å²) in [6.45, 7) is 12.0. The molecule has 0 aromatic heterocycles. The number of rotatable bonds is 5. The number of ether oxygens (including phenoxy) is 1. The highest BCUT2D eigenvalue weighted by atomic mass is 32.1. The van der Waals surface area contributed by atoms with E-state index in [1.165, 1.54) is 5.56 Å². The SMILES string of the molecule is C=C(C)CNC(=S)N1CC[NH+](Cc2ccc(OC)cc2)CC1. The molecule has 2 N–H and O–H groups in total. The Kier molecular flexibility index (Phi) is 6.21. The van der Waals surface area contributed by atoms with Gasteiger partial charge in [0.15, 0.2) is 5.11 Å². The molecule has 1 fully saturated rings. The quantitative estimate of drug-likeness (QED) is 0.622. The first-order valence-electron chi connectivity index (χ1n) is 7.72. The molecule has 0 radical (unpaired) electrons. The molecular formula is C17H26N3OS+. The van der Waals surface area contributed by atoms with Gasteiger partial charge in [-0.25, -0.2) is 0 Å². The molecule has 22 heavy (non-hydrogen) atoms. The van der Waals surface area contributed by atoms with Crippen LogP contribution in [0.2, 0.25) is 0 Å². The van der Waals surface area contributed by atoms with Gasteiger partial charge in [0.1, 0.15) is 12.3 Å². The maximum Gasteiger partial charge on any atom is 0.169 e. The van der Waals surface area contributed by atoms with Gasteiger partial charge < -0.3 is 19.9 Å². The number of methoxy groups -OCH3 is 1. The Hall–Kier alpha value is -1.59. The van der Waals surface area contributed by atoms with E-state index in [0.717, 1.165) is 55.7 Å². The summed E-state index contributed by atoms with van der Waals surface area (Å²) in [5.41, 5.74) is 2.46. The maximum absolute atomic E-state index is 5.44. The van der Waals surface area contributed by atoms with Crippen molar-refractivity contribution in [3.63, 3.8) is 0 Å². The number of thiocarbonyl (C=S) groups is 1. The van der Waals surface area contributed by atoms with Gasteiger partial charge in [-0.15, -0.1) is 0 Å². The third kappa shape index (κ3) is 5.00. The monoisotopic (exact) mass is 320 g/mol. The molecule has 1 saturated heterocycles. The summed E-state index contributed by atoms with van der Waals surface area (Å²) in [6, 6.07) is 8.36. The van der Waals surface area contributed by atoms with Crippen molar-refractivity contribution in [2.75, 3.05) is 39.8 Å². The van der Waals surface area contributed by atoms with Crippen molar-refractivity contribution in [2.45, 2.75) is 13.5 Å². The minimum atomic E-state index is 0.762. The van der Waals surface area contributed by atoms with Gasteiger partial charge in [-0.05, 0) is 43.4 Å². The lowest BCUT2D eigenvalue weighted by Gasteiger charge is -2.34. The van der Waals surface area contributed by atoms with E-state index in [0.29, 0.717) is 0 Å². The first-order chi connectivity index (χ1) is 10.6. The van der Waals surface area contributed by atoms with Gasteiger partial charge in [-0.2, -0.15) is 0 Å². The molecule has 1 heterocycles.